The average Bonchev–Trinajstić information content (AvgIpc) is 2.63. The van der Waals surface area contributed by atoms with Crippen LogP contribution in [0.25, 0.3) is 0 Å². The normalized spacial score (nSPS) is 13.0. The largest absolute Gasteiger partial charge is 0.396 e. The van der Waals surface area contributed by atoms with Gasteiger partial charge in [0.2, 0.25) is 10.0 Å². The molecule has 2 N–H and O–H groups in total. The Morgan fingerprint density at radius 1 is 1.50 bits per heavy atom. The first kappa shape index (κ1) is 14.1. The van der Waals surface area contributed by atoms with Crippen molar-refractivity contribution in [3.8, 4) is 0 Å². The maximum absolute atomic E-state index is 11.8. The number of rotatable bonds is 5. The summed E-state index contributed by atoms with van der Waals surface area (Å²) < 4.78 is 27.1. The molecule has 0 saturated carbocycles. The standard InChI is InChI=1S/C9H14BrNO3S2/c1-9(2,6-12)5-11-16(13,14)8-4-3-7(10)15-8/h3-4,11-12H,5-6H2,1-2H3. The lowest BCUT2D eigenvalue weighted by molar-refractivity contribution is 0.163. The third-order valence-electron chi connectivity index (χ3n) is 1.98. The number of hydrogen-bond donors (Lipinski definition) is 2. The molecular formula is C9H14BrNO3S2. The molecule has 0 aliphatic carbocycles. The van der Waals surface area contributed by atoms with Crippen LogP contribution in [0, 0.1) is 5.41 Å². The van der Waals surface area contributed by atoms with E-state index in [9.17, 15) is 8.42 Å². The molecule has 0 spiro atoms. The molecule has 0 unspecified atom stereocenters. The van der Waals surface area contributed by atoms with Crippen LogP contribution in [-0.4, -0.2) is 26.7 Å². The van der Waals surface area contributed by atoms with Gasteiger partial charge < -0.3 is 5.11 Å². The van der Waals surface area contributed by atoms with E-state index in [0.717, 1.165) is 15.1 Å². The van der Waals surface area contributed by atoms with Crippen molar-refractivity contribution in [2.24, 2.45) is 5.41 Å². The quantitative estimate of drug-likeness (QED) is 0.866. The van der Waals surface area contributed by atoms with Crippen molar-refractivity contribution in [2.45, 2.75) is 18.1 Å². The summed E-state index contributed by atoms with van der Waals surface area (Å²) in [6, 6.07) is 3.24. The third kappa shape index (κ3) is 3.81. The van der Waals surface area contributed by atoms with Crippen LogP contribution in [0.15, 0.2) is 20.1 Å². The Kier molecular flexibility index (Phi) is 4.53. The highest BCUT2D eigenvalue weighted by molar-refractivity contribution is 9.11. The van der Waals surface area contributed by atoms with Gasteiger partial charge in [0.1, 0.15) is 4.21 Å². The number of thiophene rings is 1. The van der Waals surface area contributed by atoms with Crippen molar-refractivity contribution in [1.29, 1.82) is 0 Å². The zero-order valence-electron chi connectivity index (χ0n) is 9.03. The number of sulfonamides is 1. The molecule has 1 heterocycles. The maximum Gasteiger partial charge on any atom is 0.250 e. The molecule has 1 rings (SSSR count). The van der Waals surface area contributed by atoms with Gasteiger partial charge >= 0.3 is 0 Å². The van der Waals surface area contributed by atoms with E-state index in [4.69, 9.17) is 5.11 Å². The molecule has 0 fully saturated rings. The zero-order chi connectivity index (χ0) is 12.4. The maximum atomic E-state index is 11.8. The summed E-state index contributed by atoms with van der Waals surface area (Å²) in [5.74, 6) is 0. The highest BCUT2D eigenvalue weighted by Gasteiger charge is 2.22. The van der Waals surface area contributed by atoms with Gasteiger partial charge in [-0.05, 0) is 28.1 Å². The van der Waals surface area contributed by atoms with Gasteiger partial charge in [0.05, 0.1) is 3.79 Å². The molecule has 1 aromatic rings. The molecule has 0 aromatic carbocycles. The number of hydrogen-bond acceptors (Lipinski definition) is 4. The number of aliphatic hydroxyl groups excluding tert-OH is 1. The number of nitrogens with one attached hydrogen (secondary N) is 1. The van der Waals surface area contributed by atoms with Crippen molar-refractivity contribution in [1.82, 2.24) is 4.72 Å². The van der Waals surface area contributed by atoms with Crippen molar-refractivity contribution >= 4 is 37.3 Å². The average molecular weight is 328 g/mol. The molecule has 0 aliphatic heterocycles. The molecule has 0 saturated heterocycles. The first-order chi connectivity index (χ1) is 7.27. The van der Waals surface area contributed by atoms with Gasteiger partial charge in [0.15, 0.2) is 0 Å². The van der Waals surface area contributed by atoms with Crippen LogP contribution in [0.4, 0.5) is 0 Å². The van der Waals surface area contributed by atoms with Crippen molar-refractivity contribution in [2.75, 3.05) is 13.2 Å². The summed E-state index contributed by atoms with van der Waals surface area (Å²) >= 11 is 4.37. The lowest BCUT2D eigenvalue weighted by Crippen LogP contribution is -2.35. The minimum atomic E-state index is -3.46. The van der Waals surface area contributed by atoms with Crippen LogP contribution >= 0.6 is 27.3 Å². The van der Waals surface area contributed by atoms with E-state index >= 15 is 0 Å². The van der Waals surface area contributed by atoms with Gasteiger partial charge in [0, 0.05) is 18.6 Å². The van der Waals surface area contributed by atoms with Gasteiger partial charge in [-0.15, -0.1) is 11.3 Å². The predicted octanol–water partition coefficient (Wildman–Crippen LogP) is 1.81. The van der Waals surface area contributed by atoms with E-state index in [1.54, 1.807) is 26.0 Å². The van der Waals surface area contributed by atoms with Crippen LogP contribution in [0.1, 0.15) is 13.8 Å². The van der Waals surface area contributed by atoms with E-state index in [1.165, 1.54) is 0 Å². The van der Waals surface area contributed by atoms with Gasteiger partial charge in [0.25, 0.3) is 0 Å². The van der Waals surface area contributed by atoms with E-state index < -0.39 is 15.4 Å². The third-order valence-corrected chi connectivity index (χ3v) is 5.50. The summed E-state index contributed by atoms with van der Waals surface area (Å²) in [7, 11) is -3.46. The van der Waals surface area contributed by atoms with Crippen LogP contribution in [0.3, 0.4) is 0 Å². The summed E-state index contributed by atoms with van der Waals surface area (Å²) in [5, 5.41) is 9.03. The van der Waals surface area contributed by atoms with Crippen molar-refractivity contribution in [3.05, 3.63) is 15.9 Å². The monoisotopic (exact) mass is 327 g/mol. The lowest BCUT2D eigenvalue weighted by atomic mass is 9.96. The molecular weight excluding hydrogens is 314 g/mol. The Balaban J connectivity index is 2.74. The molecule has 4 nitrogen and oxygen atoms in total. The highest BCUT2D eigenvalue weighted by atomic mass is 79.9. The summed E-state index contributed by atoms with van der Waals surface area (Å²) in [4.78, 5) is 0. The Bertz CT molecular complexity index is 453. The lowest BCUT2D eigenvalue weighted by Gasteiger charge is -2.21. The number of halogens is 1. The molecule has 16 heavy (non-hydrogen) atoms. The Morgan fingerprint density at radius 3 is 2.56 bits per heavy atom. The van der Waals surface area contributed by atoms with E-state index in [1.807, 2.05) is 0 Å². The Morgan fingerprint density at radius 2 is 2.12 bits per heavy atom. The minimum absolute atomic E-state index is 0.0658. The van der Waals surface area contributed by atoms with Gasteiger partial charge in [-0.25, -0.2) is 13.1 Å². The second kappa shape index (κ2) is 5.14. The van der Waals surface area contributed by atoms with Gasteiger partial charge in [-0.1, -0.05) is 13.8 Å². The summed E-state index contributed by atoms with van der Waals surface area (Å²) in [5.41, 5.74) is -0.457. The first-order valence-corrected chi connectivity index (χ1v) is 7.72. The summed E-state index contributed by atoms with van der Waals surface area (Å²) in [6.07, 6.45) is 0. The minimum Gasteiger partial charge on any atom is -0.396 e. The molecule has 0 atom stereocenters. The number of aliphatic hydroxyl groups is 1. The van der Waals surface area contributed by atoms with E-state index in [2.05, 4.69) is 20.7 Å². The molecule has 1 aromatic heterocycles. The predicted molar refractivity (Wildman–Crippen MR) is 68.1 cm³/mol. The van der Waals surface area contributed by atoms with E-state index in [0.29, 0.717) is 0 Å². The molecule has 7 heteroatoms. The molecule has 0 radical (unpaired) electrons. The zero-order valence-corrected chi connectivity index (χ0v) is 12.2. The SMILES string of the molecule is CC(C)(CO)CNS(=O)(=O)c1ccc(Br)s1. The van der Waals surface area contributed by atoms with Gasteiger partial charge in [-0.3, -0.25) is 0 Å². The van der Waals surface area contributed by atoms with Crippen LogP contribution in [0.2, 0.25) is 0 Å². The van der Waals surface area contributed by atoms with Crippen LogP contribution in [-0.2, 0) is 10.0 Å². The van der Waals surface area contributed by atoms with Gasteiger partial charge in [-0.2, -0.15) is 0 Å². The molecule has 92 valence electrons. The Labute approximate surface area is 108 Å². The second-order valence-electron chi connectivity index (χ2n) is 4.21. The molecule has 0 bridgehead atoms. The smallest absolute Gasteiger partial charge is 0.250 e. The van der Waals surface area contributed by atoms with Crippen molar-refractivity contribution in [3.63, 3.8) is 0 Å². The van der Waals surface area contributed by atoms with E-state index in [-0.39, 0.29) is 17.4 Å². The molecule has 0 amide bonds. The fourth-order valence-electron chi connectivity index (χ4n) is 0.860. The fourth-order valence-corrected chi connectivity index (χ4v) is 4.16. The Hall–Kier alpha value is 0.0500. The first-order valence-electron chi connectivity index (χ1n) is 4.63. The van der Waals surface area contributed by atoms with Crippen LogP contribution < -0.4 is 4.72 Å². The topological polar surface area (TPSA) is 66.4 Å². The summed E-state index contributed by atoms with van der Waals surface area (Å²) in [6.45, 7) is 3.73. The fraction of sp³-hybridized carbons (Fsp3) is 0.556. The second-order valence-corrected chi connectivity index (χ2v) is 8.66. The highest BCUT2D eigenvalue weighted by Crippen LogP contribution is 2.26. The van der Waals surface area contributed by atoms with Crippen LogP contribution in [0.5, 0.6) is 0 Å². The van der Waals surface area contributed by atoms with Crippen molar-refractivity contribution < 1.29 is 13.5 Å². The molecule has 0 aliphatic rings.